The van der Waals surface area contributed by atoms with Crippen LogP contribution in [0.15, 0.2) is 70.5 Å². The highest BCUT2D eigenvalue weighted by Crippen LogP contribution is 2.27. The lowest BCUT2D eigenvalue weighted by Gasteiger charge is -2.12. The summed E-state index contributed by atoms with van der Waals surface area (Å²) < 4.78 is 26.8. The van der Waals surface area contributed by atoms with Gasteiger partial charge in [0.2, 0.25) is 12.8 Å². The second kappa shape index (κ2) is 26.0. The molecule has 1 heterocycles. The van der Waals surface area contributed by atoms with E-state index < -0.39 is 11.7 Å². The molecular formula is C34H55Cl2F2N3O3. The molecule has 4 N–H and O–H groups in total. The zero-order chi connectivity index (χ0) is 34.1. The third-order valence-electron chi connectivity index (χ3n) is 6.11. The van der Waals surface area contributed by atoms with Gasteiger partial charge in [0.05, 0.1) is 16.2 Å². The van der Waals surface area contributed by atoms with Gasteiger partial charge in [-0.1, -0.05) is 89.6 Å². The summed E-state index contributed by atoms with van der Waals surface area (Å²) in [7, 11) is 0. The van der Waals surface area contributed by atoms with Gasteiger partial charge in [-0.15, -0.1) is 0 Å². The number of hydrogen-bond donors (Lipinski definition) is 4. The van der Waals surface area contributed by atoms with Gasteiger partial charge in [0, 0.05) is 18.8 Å². The number of nitrogens with one attached hydrogen (secondary N) is 3. The lowest BCUT2D eigenvalue weighted by atomic mass is 9.92. The van der Waals surface area contributed by atoms with E-state index in [1.165, 1.54) is 18.2 Å². The van der Waals surface area contributed by atoms with Gasteiger partial charge in [0.1, 0.15) is 11.7 Å². The third kappa shape index (κ3) is 25.1. The van der Waals surface area contributed by atoms with Crippen molar-refractivity contribution in [3.05, 3.63) is 70.5 Å². The van der Waals surface area contributed by atoms with Crippen LogP contribution in [0.1, 0.15) is 80.6 Å². The minimum atomic E-state index is -0.675. The molecule has 0 aromatic heterocycles. The Kier molecular flexibility index (Phi) is 25.9. The molecule has 2 rings (SSSR count). The molecule has 2 aliphatic rings. The normalized spacial score (nSPS) is 22.5. The van der Waals surface area contributed by atoms with Crippen LogP contribution >= 0.6 is 23.2 Å². The van der Waals surface area contributed by atoms with Gasteiger partial charge < -0.3 is 21.1 Å². The van der Waals surface area contributed by atoms with Gasteiger partial charge in [0.25, 0.3) is 0 Å². The van der Waals surface area contributed by atoms with E-state index >= 15 is 0 Å². The van der Waals surface area contributed by atoms with Crippen LogP contribution in [-0.4, -0.2) is 43.7 Å². The predicted octanol–water partition coefficient (Wildman–Crippen LogP) is 8.36. The van der Waals surface area contributed by atoms with Gasteiger partial charge in [-0.3, -0.25) is 9.59 Å². The summed E-state index contributed by atoms with van der Waals surface area (Å²) in [5.74, 6) is -0.201. The lowest BCUT2D eigenvalue weighted by molar-refractivity contribution is -0.110. The van der Waals surface area contributed by atoms with Crippen LogP contribution in [0.5, 0.6) is 0 Å². The van der Waals surface area contributed by atoms with E-state index in [0.29, 0.717) is 23.4 Å². The molecule has 0 aromatic carbocycles. The van der Waals surface area contributed by atoms with Crippen LogP contribution in [0.3, 0.4) is 0 Å². The molecule has 1 saturated heterocycles. The van der Waals surface area contributed by atoms with Gasteiger partial charge in [0.15, 0.2) is 0 Å². The van der Waals surface area contributed by atoms with Gasteiger partial charge in [-0.25, -0.2) is 8.78 Å². The maximum Gasteiger partial charge on any atom is 0.211 e. The van der Waals surface area contributed by atoms with Gasteiger partial charge >= 0.3 is 0 Å². The van der Waals surface area contributed by atoms with Crippen molar-refractivity contribution in [3.8, 4) is 0 Å². The minimum Gasteiger partial charge on any atom is -0.393 e. The minimum absolute atomic E-state index is 0.0310. The molecule has 10 heteroatoms. The number of amides is 2. The summed E-state index contributed by atoms with van der Waals surface area (Å²) in [6.45, 7) is 19.8. The number of carbonyl (C=O) groups is 2. The Morgan fingerprint density at radius 3 is 2.25 bits per heavy atom. The van der Waals surface area contributed by atoms with Crippen LogP contribution in [0.4, 0.5) is 8.78 Å². The number of aliphatic hydroxyl groups excluding tert-OH is 1. The zero-order valence-electron chi connectivity index (χ0n) is 27.6. The topological polar surface area (TPSA) is 90.5 Å². The Hall–Kier alpha value is -2.26. The summed E-state index contributed by atoms with van der Waals surface area (Å²) in [4.78, 5) is 20.2. The number of aliphatic hydroxyl groups is 1. The smallest absolute Gasteiger partial charge is 0.211 e. The molecule has 0 aromatic rings. The zero-order valence-corrected chi connectivity index (χ0v) is 29.1. The van der Waals surface area contributed by atoms with Crippen molar-refractivity contribution in [2.45, 2.75) is 86.7 Å². The largest absolute Gasteiger partial charge is 0.393 e. The Bertz CT molecular complexity index is 983. The highest BCUT2D eigenvalue weighted by Gasteiger charge is 2.24. The predicted molar refractivity (Wildman–Crippen MR) is 182 cm³/mol. The number of allylic oxidation sites excluding steroid dienone is 10. The summed E-state index contributed by atoms with van der Waals surface area (Å²) >= 11 is 11.5. The van der Waals surface area contributed by atoms with Crippen molar-refractivity contribution in [2.24, 2.45) is 23.2 Å². The van der Waals surface area contributed by atoms with Crippen LogP contribution in [-0.2, 0) is 9.59 Å². The summed E-state index contributed by atoms with van der Waals surface area (Å²) in [5, 5.41) is 17.3. The first-order chi connectivity index (χ1) is 20.7. The number of hydrogen-bond acceptors (Lipinski definition) is 4. The quantitative estimate of drug-likeness (QED) is 0.0907. The van der Waals surface area contributed by atoms with Crippen molar-refractivity contribution in [1.82, 2.24) is 16.0 Å². The van der Waals surface area contributed by atoms with Crippen LogP contribution in [0.2, 0.25) is 0 Å². The van der Waals surface area contributed by atoms with Crippen LogP contribution in [0.25, 0.3) is 0 Å². The first kappa shape index (κ1) is 43.9. The van der Waals surface area contributed by atoms with E-state index in [9.17, 15) is 18.4 Å². The van der Waals surface area contributed by atoms with E-state index in [1.54, 1.807) is 19.1 Å². The monoisotopic (exact) mass is 661 g/mol. The van der Waals surface area contributed by atoms with Crippen molar-refractivity contribution >= 4 is 36.0 Å². The molecule has 1 saturated carbocycles. The Labute approximate surface area is 274 Å². The van der Waals surface area contributed by atoms with E-state index in [2.05, 4.69) is 50.2 Å². The summed E-state index contributed by atoms with van der Waals surface area (Å²) in [6, 6.07) is 0. The van der Waals surface area contributed by atoms with E-state index in [-0.39, 0.29) is 28.0 Å². The molecule has 2 amide bonds. The van der Waals surface area contributed by atoms with E-state index in [4.69, 9.17) is 28.3 Å². The molecule has 2 fully saturated rings. The first-order valence-electron chi connectivity index (χ1n) is 15.2. The van der Waals surface area contributed by atoms with Gasteiger partial charge in [-0.05, 0) is 87.0 Å². The molecule has 0 bridgehead atoms. The standard InChI is InChI=1S/C19H22Cl2F2N2O.C8H15NO2.C5H12.C2H6/c1-13(25-12-26)9-18(21)19(23)8-7-16-11-24-10-15(16)5-3-4-6-17(20)14(2)22;10-6-9-4-3-7-1-2-8(11)5-7;1-5(2,3)4;1-2/h3-4,6-9,12,15-16,24H,2,5,10-11H2,1H3,(H,25,26);6-8,11H,1-5H2,(H,9,10);1-4H3;1-2H3/b4-3-,8-7+,13-9+,17-6+,19-18-;;;/t15-,16+;7?,8-;;/m00../s1. The average molecular weight is 663 g/mol. The van der Waals surface area contributed by atoms with Crippen LogP contribution < -0.4 is 16.0 Å². The fourth-order valence-electron chi connectivity index (χ4n) is 4.07. The van der Waals surface area contributed by atoms with Crippen molar-refractivity contribution in [1.29, 1.82) is 0 Å². The fraction of sp³-hybridized carbons (Fsp3) is 0.588. The molecule has 1 aliphatic heterocycles. The summed E-state index contributed by atoms with van der Waals surface area (Å²) in [5.41, 5.74) is 0.946. The van der Waals surface area contributed by atoms with Gasteiger partial charge in [-0.2, -0.15) is 0 Å². The lowest BCUT2D eigenvalue weighted by Crippen LogP contribution is -2.15. The van der Waals surface area contributed by atoms with E-state index in [0.717, 1.165) is 58.1 Å². The fourth-order valence-corrected chi connectivity index (χ4v) is 4.37. The van der Waals surface area contributed by atoms with Crippen molar-refractivity contribution < 1.29 is 23.5 Å². The maximum absolute atomic E-state index is 14.0. The number of rotatable bonds is 13. The molecule has 0 spiro atoms. The molecular weight excluding hydrogens is 607 g/mol. The molecule has 1 unspecified atom stereocenters. The highest BCUT2D eigenvalue weighted by atomic mass is 35.5. The average Bonchev–Trinajstić information content (AvgIpc) is 3.58. The Morgan fingerprint density at radius 2 is 1.73 bits per heavy atom. The number of halogens is 4. The number of carbonyl (C=O) groups excluding carboxylic acids is 2. The van der Waals surface area contributed by atoms with Crippen LogP contribution in [0, 0.1) is 23.2 Å². The molecule has 4 atom stereocenters. The van der Waals surface area contributed by atoms with E-state index in [1.807, 2.05) is 19.9 Å². The molecule has 252 valence electrons. The summed E-state index contributed by atoms with van der Waals surface area (Å²) in [6.07, 6.45) is 15.3. The van der Waals surface area contributed by atoms with Crippen molar-refractivity contribution in [3.63, 3.8) is 0 Å². The third-order valence-corrected chi connectivity index (χ3v) is 6.73. The second-order valence-corrected chi connectivity index (χ2v) is 12.8. The highest BCUT2D eigenvalue weighted by molar-refractivity contribution is 6.32. The first-order valence-corrected chi connectivity index (χ1v) is 16.0. The maximum atomic E-state index is 14.0. The molecule has 44 heavy (non-hydrogen) atoms. The van der Waals surface area contributed by atoms with Crippen molar-refractivity contribution in [2.75, 3.05) is 19.6 Å². The molecule has 1 aliphatic carbocycles. The molecule has 6 nitrogen and oxygen atoms in total. The Morgan fingerprint density at radius 1 is 1.09 bits per heavy atom. The Balaban J connectivity index is 0. The SMILES string of the molecule is C=C(F)/C(Cl)=C\C=C/C[C@H]1CNC[C@H]1/C=C/C(F)=C(Cl)\C=C(/C)NC=O.CC.CC(C)(C)C.O=CNCCC1CC[C@H](O)C1. The second-order valence-electron chi connectivity index (χ2n) is 12.0. The molecule has 0 radical (unpaired) electrons.